The number of aromatic nitrogens is 2. The standard InChI is InChI=1S/C23H27N3O2/c1-6-18-21(24-22(27)17-9-7-8-10-19(17)28-5)20(26-25-18)15-11-13-16(14-12-15)23(2,3)4/h7-14H,6H2,1-5H3,(H,24,27)(H,25,26). The van der Waals surface area contributed by atoms with E-state index in [4.69, 9.17) is 4.74 Å². The van der Waals surface area contributed by atoms with Crippen molar-refractivity contribution >= 4 is 11.6 Å². The van der Waals surface area contributed by atoms with Crippen molar-refractivity contribution in [3.63, 3.8) is 0 Å². The molecular weight excluding hydrogens is 350 g/mol. The molecule has 0 aliphatic carbocycles. The first-order valence-corrected chi connectivity index (χ1v) is 9.47. The van der Waals surface area contributed by atoms with Gasteiger partial charge in [0.25, 0.3) is 5.91 Å². The van der Waals surface area contributed by atoms with Crippen molar-refractivity contribution in [1.82, 2.24) is 10.2 Å². The SMILES string of the molecule is CCc1[nH]nc(-c2ccc(C(C)(C)C)cc2)c1NC(=O)c1ccccc1OC. The molecule has 28 heavy (non-hydrogen) atoms. The number of hydrogen-bond acceptors (Lipinski definition) is 3. The van der Waals surface area contributed by atoms with Gasteiger partial charge in [-0.1, -0.05) is 64.1 Å². The van der Waals surface area contributed by atoms with Gasteiger partial charge in [0.1, 0.15) is 11.4 Å². The van der Waals surface area contributed by atoms with Gasteiger partial charge < -0.3 is 10.1 Å². The number of anilines is 1. The van der Waals surface area contributed by atoms with Gasteiger partial charge in [-0.05, 0) is 29.5 Å². The van der Waals surface area contributed by atoms with Gasteiger partial charge in [0.2, 0.25) is 0 Å². The Kier molecular flexibility index (Phi) is 5.54. The Morgan fingerprint density at radius 1 is 1.11 bits per heavy atom. The molecule has 0 spiro atoms. The van der Waals surface area contributed by atoms with Crippen molar-refractivity contribution in [2.45, 2.75) is 39.5 Å². The van der Waals surface area contributed by atoms with Crippen LogP contribution in [0.1, 0.15) is 49.3 Å². The summed E-state index contributed by atoms with van der Waals surface area (Å²) in [5.41, 5.74) is 5.11. The molecule has 3 rings (SSSR count). The van der Waals surface area contributed by atoms with E-state index in [1.807, 2.05) is 19.1 Å². The van der Waals surface area contributed by atoms with Crippen molar-refractivity contribution in [3.05, 3.63) is 65.4 Å². The van der Waals surface area contributed by atoms with Gasteiger partial charge in [0.15, 0.2) is 0 Å². The number of carbonyl (C=O) groups is 1. The van der Waals surface area contributed by atoms with Crippen LogP contribution in [0, 0.1) is 0 Å². The zero-order valence-corrected chi connectivity index (χ0v) is 17.1. The second-order valence-electron chi connectivity index (χ2n) is 7.76. The summed E-state index contributed by atoms with van der Waals surface area (Å²) < 4.78 is 5.32. The Bertz CT molecular complexity index is 966. The van der Waals surface area contributed by atoms with Crippen LogP contribution < -0.4 is 10.1 Å². The summed E-state index contributed by atoms with van der Waals surface area (Å²) in [6.45, 7) is 8.58. The number of nitrogens with one attached hydrogen (secondary N) is 2. The summed E-state index contributed by atoms with van der Waals surface area (Å²) in [5, 5.41) is 10.6. The number of ether oxygens (including phenoxy) is 1. The largest absolute Gasteiger partial charge is 0.496 e. The summed E-state index contributed by atoms with van der Waals surface area (Å²) in [4.78, 5) is 12.9. The molecule has 5 nitrogen and oxygen atoms in total. The zero-order valence-electron chi connectivity index (χ0n) is 17.1. The Morgan fingerprint density at radius 2 is 1.79 bits per heavy atom. The molecule has 0 unspecified atom stereocenters. The van der Waals surface area contributed by atoms with Gasteiger partial charge in [0, 0.05) is 5.56 Å². The fraction of sp³-hybridized carbons (Fsp3) is 0.304. The molecule has 0 aliphatic heterocycles. The van der Waals surface area contributed by atoms with Gasteiger partial charge in [-0.2, -0.15) is 5.10 Å². The van der Waals surface area contributed by atoms with Crippen LogP contribution in [0.2, 0.25) is 0 Å². The van der Waals surface area contributed by atoms with Crippen molar-refractivity contribution in [2.75, 3.05) is 12.4 Å². The molecule has 0 saturated carbocycles. The van der Waals surface area contributed by atoms with E-state index in [9.17, 15) is 4.79 Å². The lowest BCUT2D eigenvalue weighted by molar-refractivity contribution is 0.102. The number of nitrogens with zero attached hydrogens (tertiary/aromatic N) is 1. The van der Waals surface area contributed by atoms with Gasteiger partial charge in [-0.25, -0.2) is 0 Å². The minimum atomic E-state index is -0.221. The van der Waals surface area contributed by atoms with E-state index in [1.165, 1.54) is 5.56 Å². The number of para-hydroxylation sites is 1. The van der Waals surface area contributed by atoms with Crippen LogP contribution in [0.15, 0.2) is 48.5 Å². The van der Waals surface area contributed by atoms with E-state index in [0.717, 1.165) is 23.4 Å². The van der Waals surface area contributed by atoms with Crippen LogP contribution in [-0.2, 0) is 11.8 Å². The molecule has 1 aromatic heterocycles. The first kappa shape index (κ1) is 19.7. The maximum absolute atomic E-state index is 12.9. The lowest BCUT2D eigenvalue weighted by Gasteiger charge is -2.19. The average Bonchev–Trinajstić information content (AvgIpc) is 3.09. The molecule has 0 radical (unpaired) electrons. The minimum absolute atomic E-state index is 0.0829. The number of methoxy groups -OCH3 is 1. The number of aromatic amines is 1. The lowest BCUT2D eigenvalue weighted by Crippen LogP contribution is -2.14. The van der Waals surface area contributed by atoms with Gasteiger partial charge >= 0.3 is 0 Å². The average molecular weight is 377 g/mol. The molecule has 0 aliphatic rings. The number of H-pyrrole nitrogens is 1. The van der Waals surface area contributed by atoms with E-state index in [0.29, 0.717) is 17.0 Å². The second-order valence-corrected chi connectivity index (χ2v) is 7.76. The number of amides is 1. The van der Waals surface area contributed by atoms with Crippen molar-refractivity contribution in [3.8, 4) is 17.0 Å². The van der Waals surface area contributed by atoms with Crippen molar-refractivity contribution in [2.24, 2.45) is 0 Å². The molecule has 0 atom stereocenters. The van der Waals surface area contributed by atoms with Crippen LogP contribution in [0.25, 0.3) is 11.3 Å². The highest BCUT2D eigenvalue weighted by atomic mass is 16.5. The van der Waals surface area contributed by atoms with Gasteiger partial charge in [-0.3, -0.25) is 9.89 Å². The highest BCUT2D eigenvalue weighted by Crippen LogP contribution is 2.32. The molecule has 2 N–H and O–H groups in total. The van der Waals surface area contributed by atoms with Gasteiger partial charge in [-0.15, -0.1) is 0 Å². The molecule has 1 amide bonds. The molecule has 0 fully saturated rings. The normalized spacial score (nSPS) is 11.3. The van der Waals surface area contributed by atoms with E-state index in [-0.39, 0.29) is 11.3 Å². The first-order valence-electron chi connectivity index (χ1n) is 9.47. The van der Waals surface area contributed by atoms with E-state index < -0.39 is 0 Å². The highest BCUT2D eigenvalue weighted by molar-refractivity contribution is 6.08. The Balaban J connectivity index is 1.96. The maximum atomic E-state index is 12.9. The Labute approximate surface area is 166 Å². The maximum Gasteiger partial charge on any atom is 0.259 e. The first-order chi connectivity index (χ1) is 13.3. The van der Waals surface area contributed by atoms with Crippen molar-refractivity contribution in [1.29, 1.82) is 0 Å². The van der Waals surface area contributed by atoms with E-state index >= 15 is 0 Å². The predicted molar refractivity (Wildman–Crippen MR) is 113 cm³/mol. The van der Waals surface area contributed by atoms with Crippen LogP contribution in [0.3, 0.4) is 0 Å². The summed E-state index contributed by atoms with van der Waals surface area (Å²) in [6, 6.07) is 15.5. The summed E-state index contributed by atoms with van der Waals surface area (Å²) in [5.74, 6) is 0.318. The number of aryl methyl sites for hydroxylation is 1. The molecule has 0 bridgehead atoms. The molecule has 2 aromatic carbocycles. The Morgan fingerprint density at radius 3 is 2.39 bits per heavy atom. The third-order valence-electron chi connectivity index (χ3n) is 4.81. The zero-order chi connectivity index (χ0) is 20.3. The lowest BCUT2D eigenvalue weighted by atomic mass is 9.86. The fourth-order valence-electron chi connectivity index (χ4n) is 3.12. The summed E-state index contributed by atoms with van der Waals surface area (Å²) >= 11 is 0. The number of carbonyl (C=O) groups excluding carboxylic acids is 1. The topological polar surface area (TPSA) is 67.0 Å². The third-order valence-corrected chi connectivity index (χ3v) is 4.81. The van der Waals surface area contributed by atoms with Crippen LogP contribution in [0.5, 0.6) is 5.75 Å². The van der Waals surface area contributed by atoms with E-state index in [1.54, 1.807) is 19.2 Å². The monoisotopic (exact) mass is 377 g/mol. The molecular formula is C23H27N3O2. The predicted octanol–water partition coefficient (Wildman–Crippen LogP) is 5.20. The fourth-order valence-corrected chi connectivity index (χ4v) is 3.12. The molecule has 1 heterocycles. The summed E-state index contributed by atoms with van der Waals surface area (Å²) in [6.07, 6.45) is 0.731. The van der Waals surface area contributed by atoms with Crippen molar-refractivity contribution < 1.29 is 9.53 Å². The van der Waals surface area contributed by atoms with Crippen LogP contribution in [-0.4, -0.2) is 23.2 Å². The highest BCUT2D eigenvalue weighted by Gasteiger charge is 2.20. The second kappa shape index (κ2) is 7.89. The van der Waals surface area contributed by atoms with E-state index in [2.05, 4.69) is 60.6 Å². The molecule has 146 valence electrons. The van der Waals surface area contributed by atoms with Crippen LogP contribution >= 0.6 is 0 Å². The molecule has 5 heteroatoms. The number of hydrogen-bond donors (Lipinski definition) is 2. The smallest absolute Gasteiger partial charge is 0.259 e. The molecule has 3 aromatic rings. The quantitative estimate of drug-likeness (QED) is 0.642. The van der Waals surface area contributed by atoms with Crippen LogP contribution in [0.4, 0.5) is 5.69 Å². The van der Waals surface area contributed by atoms with Gasteiger partial charge in [0.05, 0.1) is 24.1 Å². The minimum Gasteiger partial charge on any atom is -0.496 e. The molecule has 0 saturated heterocycles. The number of benzene rings is 2. The number of rotatable bonds is 5. The Hall–Kier alpha value is -3.08. The third kappa shape index (κ3) is 3.93. The summed E-state index contributed by atoms with van der Waals surface area (Å²) in [7, 11) is 1.56.